The number of benzene rings is 1. The predicted octanol–water partition coefficient (Wildman–Crippen LogP) is 2.68. The number of aliphatic carboxylic acids is 1. The number of ether oxygens (including phenoxy) is 1. The Hall–Kier alpha value is -3.67. The van der Waals surface area contributed by atoms with E-state index < -0.39 is 18.0 Å². The molecular formula is C18H19N5O4. The molecule has 2 amide bonds. The van der Waals surface area contributed by atoms with Crippen molar-refractivity contribution in [2.45, 2.75) is 26.8 Å². The molecule has 2 aromatic rings. The van der Waals surface area contributed by atoms with Gasteiger partial charge in [0, 0.05) is 11.8 Å². The van der Waals surface area contributed by atoms with Crippen LogP contribution in [0.15, 0.2) is 30.3 Å². The first-order chi connectivity index (χ1) is 12.8. The van der Waals surface area contributed by atoms with Crippen LogP contribution in [0.4, 0.5) is 10.7 Å². The molecule has 0 radical (unpaired) electrons. The zero-order valence-electron chi connectivity index (χ0n) is 15.1. The lowest BCUT2D eigenvalue weighted by Crippen LogP contribution is -2.46. The van der Waals surface area contributed by atoms with Crippen LogP contribution in [0, 0.1) is 24.2 Å². The van der Waals surface area contributed by atoms with Crippen molar-refractivity contribution in [3.05, 3.63) is 41.6 Å². The van der Waals surface area contributed by atoms with Crippen LogP contribution in [-0.4, -0.2) is 33.1 Å². The minimum atomic E-state index is -1.13. The van der Waals surface area contributed by atoms with Gasteiger partial charge in [0.15, 0.2) is 0 Å². The number of nitrogens with zero attached hydrogens (tertiary/aromatic N) is 3. The van der Waals surface area contributed by atoms with Gasteiger partial charge in [-0.15, -0.1) is 0 Å². The average molecular weight is 369 g/mol. The number of carbonyl (C=O) groups excluding carboxylic acids is 1. The molecule has 9 nitrogen and oxygen atoms in total. The standard InChI is InChI=1S/C18H19N5O4/c1-10(2)15(16(24)25)22-18(26)23-17-20-11(3)8-14(21-17)27-13-6-4-12(9-19)5-7-13/h4-8,10,15H,1-3H3,(H,24,25)(H2,20,21,22,23,26)/t15-/m1/s1. The lowest BCUT2D eigenvalue weighted by Gasteiger charge is -2.18. The van der Waals surface area contributed by atoms with E-state index in [1.807, 2.05) is 6.07 Å². The quantitative estimate of drug-likeness (QED) is 0.711. The Morgan fingerprint density at radius 3 is 2.44 bits per heavy atom. The smallest absolute Gasteiger partial charge is 0.326 e. The molecule has 0 aliphatic carbocycles. The van der Waals surface area contributed by atoms with Crippen molar-refractivity contribution in [3.8, 4) is 17.7 Å². The van der Waals surface area contributed by atoms with Gasteiger partial charge < -0.3 is 15.2 Å². The highest BCUT2D eigenvalue weighted by atomic mass is 16.5. The van der Waals surface area contributed by atoms with E-state index in [2.05, 4.69) is 20.6 Å². The number of anilines is 1. The van der Waals surface area contributed by atoms with Gasteiger partial charge in [0.05, 0.1) is 11.6 Å². The van der Waals surface area contributed by atoms with E-state index >= 15 is 0 Å². The second-order valence-corrected chi connectivity index (χ2v) is 6.07. The number of nitrogens with one attached hydrogen (secondary N) is 2. The third-order valence-corrected chi connectivity index (χ3v) is 3.48. The third kappa shape index (κ3) is 5.67. The topological polar surface area (TPSA) is 137 Å². The molecule has 1 atom stereocenters. The zero-order valence-corrected chi connectivity index (χ0v) is 15.1. The number of carboxylic acids is 1. The van der Waals surface area contributed by atoms with E-state index in [9.17, 15) is 9.59 Å². The van der Waals surface area contributed by atoms with Gasteiger partial charge in [-0.2, -0.15) is 10.2 Å². The van der Waals surface area contributed by atoms with Gasteiger partial charge in [-0.05, 0) is 37.1 Å². The van der Waals surface area contributed by atoms with Crippen molar-refractivity contribution in [1.29, 1.82) is 5.26 Å². The van der Waals surface area contributed by atoms with E-state index in [0.717, 1.165) is 0 Å². The minimum absolute atomic E-state index is 0.0240. The molecular weight excluding hydrogens is 350 g/mol. The van der Waals surface area contributed by atoms with Crippen LogP contribution in [0.2, 0.25) is 0 Å². The van der Waals surface area contributed by atoms with Gasteiger partial charge in [0.1, 0.15) is 11.8 Å². The molecule has 0 spiro atoms. The highest BCUT2D eigenvalue weighted by Gasteiger charge is 2.23. The summed E-state index contributed by atoms with van der Waals surface area (Å²) >= 11 is 0. The molecule has 0 bridgehead atoms. The summed E-state index contributed by atoms with van der Waals surface area (Å²) in [7, 11) is 0. The number of nitriles is 1. The normalized spacial score (nSPS) is 11.4. The van der Waals surface area contributed by atoms with Gasteiger partial charge >= 0.3 is 12.0 Å². The van der Waals surface area contributed by atoms with Crippen LogP contribution >= 0.6 is 0 Å². The first kappa shape index (κ1) is 19.7. The molecule has 1 aromatic carbocycles. The monoisotopic (exact) mass is 369 g/mol. The fraction of sp³-hybridized carbons (Fsp3) is 0.278. The number of carbonyl (C=O) groups is 2. The number of carboxylic acid groups (broad SMARTS) is 1. The van der Waals surface area contributed by atoms with Crippen molar-refractivity contribution in [2.75, 3.05) is 5.32 Å². The highest BCUT2D eigenvalue weighted by molar-refractivity contribution is 5.90. The van der Waals surface area contributed by atoms with Crippen molar-refractivity contribution in [1.82, 2.24) is 15.3 Å². The Balaban J connectivity index is 2.10. The van der Waals surface area contributed by atoms with Gasteiger partial charge in [-0.25, -0.2) is 14.6 Å². The van der Waals surface area contributed by atoms with Crippen molar-refractivity contribution < 1.29 is 19.4 Å². The number of hydrogen-bond donors (Lipinski definition) is 3. The lowest BCUT2D eigenvalue weighted by atomic mass is 10.1. The maximum atomic E-state index is 12.0. The van der Waals surface area contributed by atoms with Gasteiger partial charge in [0.2, 0.25) is 11.8 Å². The second-order valence-electron chi connectivity index (χ2n) is 6.07. The van der Waals surface area contributed by atoms with E-state index in [-0.39, 0.29) is 17.7 Å². The van der Waals surface area contributed by atoms with Crippen LogP contribution < -0.4 is 15.4 Å². The fourth-order valence-electron chi connectivity index (χ4n) is 2.16. The van der Waals surface area contributed by atoms with Crippen LogP contribution in [-0.2, 0) is 4.79 Å². The Morgan fingerprint density at radius 2 is 1.89 bits per heavy atom. The molecule has 0 saturated carbocycles. The molecule has 3 N–H and O–H groups in total. The number of rotatable bonds is 6. The summed E-state index contributed by atoms with van der Waals surface area (Å²) in [6, 6.07) is 8.27. The summed E-state index contributed by atoms with van der Waals surface area (Å²) in [5, 5.41) is 22.7. The first-order valence-corrected chi connectivity index (χ1v) is 8.12. The molecule has 2 rings (SSSR count). The van der Waals surface area contributed by atoms with Gasteiger partial charge in [-0.3, -0.25) is 5.32 Å². The number of amides is 2. The van der Waals surface area contributed by atoms with Crippen LogP contribution in [0.1, 0.15) is 25.1 Å². The molecule has 1 heterocycles. The average Bonchev–Trinajstić information content (AvgIpc) is 2.59. The van der Waals surface area contributed by atoms with E-state index in [1.54, 1.807) is 51.1 Å². The first-order valence-electron chi connectivity index (χ1n) is 8.12. The van der Waals surface area contributed by atoms with E-state index in [4.69, 9.17) is 15.1 Å². The van der Waals surface area contributed by atoms with Gasteiger partial charge in [0.25, 0.3) is 0 Å². The van der Waals surface area contributed by atoms with E-state index in [1.165, 1.54) is 0 Å². The zero-order chi connectivity index (χ0) is 20.0. The Kier molecular flexibility index (Phi) is 6.27. The fourth-order valence-corrected chi connectivity index (χ4v) is 2.16. The summed E-state index contributed by atoms with van der Waals surface area (Å²) in [6.07, 6.45) is 0. The summed E-state index contributed by atoms with van der Waals surface area (Å²) in [4.78, 5) is 31.4. The molecule has 9 heteroatoms. The number of hydrogen-bond acceptors (Lipinski definition) is 6. The number of urea groups is 1. The van der Waals surface area contributed by atoms with Crippen LogP contribution in [0.5, 0.6) is 11.6 Å². The largest absolute Gasteiger partial charge is 0.480 e. The molecule has 27 heavy (non-hydrogen) atoms. The maximum Gasteiger partial charge on any atom is 0.326 e. The Morgan fingerprint density at radius 1 is 1.22 bits per heavy atom. The lowest BCUT2D eigenvalue weighted by molar-refractivity contribution is -0.140. The minimum Gasteiger partial charge on any atom is -0.480 e. The number of aryl methyl sites for hydroxylation is 1. The van der Waals surface area contributed by atoms with Crippen molar-refractivity contribution in [2.24, 2.45) is 5.92 Å². The maximum absolute atomic E-state index is 12.0. The van der Waals surface area contributed by atoms with Crippen LogP contribution in [0.25, 0.3) is 0 Å². The number of aromatic nitrogens is 2. The SMILES string of the molecule is Cc1cc(Oc2ccc(C#N)cc2)nc(NC(=O)N[C@@H](C(=O)O)C(C)C)n1. The molecule has 1 aromatic heterocycles. The molecule has 0 aliphatic rings. The molecule has 140 valence electrons. The summed E-state index contributed by atoms with van der Waals surface area (Å²) in [5.41, 5.74) is 1.04. The summed E-state index contributed by atoms with van der Waals surface area (Å²) in [5.74, 6) is -0.782. The second kappa shape index (κ2) is 8.62. The summed E-state index contributed by atoms with van der Waals surface area (Å²) < 4.78 is 5.61. The third-order valence-electron chi connectivity index (χ3n) is 3.48. The Bertz CT molecular complexity index is 874. The van der Waals surface area contributed by atoms with E-state index in [0.29, 0.717) is 17.0 Å². The molecule has 0 unspecified atom stereocenters. The van der Waals surface area contributed by atoms with Crippen molar-refractivity contribution >= 4 is 17.9 Å². The molecule has 0 fully saturated rings. The Labute approximate surface area is 156 Å². The predicted molar refractivity (Wildman–Crippen MR) is 96.4 cm³/mol. The summed E-state index contributed by atoms with van der Waals surface area (Å²) in [6.45, 7) is 5.07. The van der Waals surface area contributed by atoms with Crippen molar-refractivity contribution in [3.63, 3.8) is 0 Å². The highest BCUT2D eigenvalue weighted by Crippen LogP contribution is 2.21. The molecule has 0 saturated heterocycles. The van der Waals surface area contributed by atoms with Crippen LogP contribution in [0.3, 0.4) is 0 Å². The van der Waals surface area contributed by atoms with Gasteiger partial charge in [-0.1, -0.05) is 13.8 Å². The molecule has 0 aliphatic heterocycles.